The number of nitrogens with zero attached hydrogens (tertiary/aromatic N) is 3. The number of methoxy groups -OCH3 is 1. The van der Waals surface area contributed by atoms with Crippen molar-refractivity contribution >= 4 is 17.6 Å². The van der Waals surface area contributed by atoms with Gasteiger partial charge in [-0.3, -0.25) is 9.67 Å². The molecule has 0 saturated carbocycles. The summed E-state index contributed by atoms with van der Waals surface area (Å²) in [7, 11) is 1.17. The molecule has 0 bridgehead atoms. The highest BCUT2D eigenvalue weighted by atomic mass is 16.5. The molecule has 3 N–H and O–H groups in total. The van der Waals surface area contributed by atoms with Gasteiger partial charge < -0.3 is 15.6 Å². The Kier molecular flexibility index (Phi) is 3.65. The van der Waals surface area contributed by atoms with Gasteiger partial charge in [0.2, 0.25) is 0 Å². The van der Waals surface area contributed by atoms with Crippen molar-refractivity contribution in [2.75, 3.05) is 12.8 Å². The van der Waals surface area contributed by atoms with Crippen LogP contribution in [0.1, 0.15) is 26.5 Å². The lowest BCUT2D eigenvalue weighted by molar-refractivity contribution is 0.0593. The van der Waals surface area contributed by atoms with Gasteiger partial charge in [0.25, 0.3) is 0 Å². The Morgan fingerprint density at radius 1 is 1.40 bits per heavy atom. The molecular weight excluding hydrogens is 264 g/mol. The second-order valence-corrected chi connectivity index (χ2v) is 3.92. The Morgan fingerprint density at radius 3 is 2.60 bits per heavy atom. The number of anilines is 1. The maximum atomic E-state index is 11.5. The smallest absolute Gasteiger partial charge is 0.360 e. The van der Waals surface area contributed by atoms with Gasteiger partial charge >= 0.3 is 11.9 Å². The average molecular weight is 276 g/mol. The lowest BCUT2D eigenvalue weighted by atomic mass is 10.2. The highest BCUT2D eigenvalue weighted by Gasteiger charge is 2.25. The fraction of sp³-hybridized carbons (Fsp3) is 0.167. The number of rotatable bonds is 4. The zero-order valence-corrected chi connectivity index (χ0v) is 10.6. The Balaban J connectivity index is 2.46. The number of pyridine rings is 1. The Labute approximate surface area is 113 Å². The minimum absolute atomic E-state index is 0.158. The van der Waals surface area contributed by atoms with Crippen molar-refractivity contribution < 1.29 is 19.4 Å². The predicted octanol–water partition coefficient (Wildman–Crippen LogP) is 0.393. The van der Waals surface area contributed by atoms with E-state index in [-0.39, 0.29) is 23.6 Å². The van der Waals surface area contributed by atoms with E-state index in [1.165, 1.54) is 7.11 Å². The van der Waals surface area contributed by atoms with E-state index in [1.807, 2.05) is 0 Å². The summed E-state index contributed by atoms with van der Waals surface area (Å²) in [6, 6.07) is 3.42. The number of carbonyl (C=O) groups excluding carboxylic acids is 1. The molecule has 0 aliphatic rings. The van der Waals surface area contributed by atoms with Crippen molar-refractivity contribution in [3.05, 3.63) is 41.5 Å². The van der Waals surface area contributed by atoms with E-state index in [0.717, 1.165) is 10.2 Å². The number of carbonyl (C=O) groups is 2. The van der Waals surface area contributed by atoms with Crippen LogP contribution in [0.15, 0.2) is 24.5 Å². The van der Waals surface area contributed by atoms with Gasteiger partial charge in [-0.05, 0) is 17.7 Å². The monoisotopic (exact) mass is 276 g/mol. The normalized spacial score (nSPS) is 10.2. The summed E-state index contributed by atoms with van der Waals surface area (Å²) in [5, 5.41) is 13.1. The van der Waals surface area contributed by atoms with Crippen molar-refractivity contribution in [1.29, 1.82) is 0 Å². The molecule has 0 saturated heterocycles. The summed E-state index contributed by atoms with van der Waals surface area (Å²) in [5.74, 6) is -2.04. The summed E-state index contributed by atoms with van der Waals surface area (Å²) in [6.07, 6.45) is 3.15. The van der Waals surface area contributed by atoms with Crippen LogP contribution in [0.25, 0.3) is 0 Å². The number of esters is 1. The quantitative estimate of drug-likeness (QED) is 0.775. The SMILES string of the molecule is COC(=O)c1nn(Cc2ccncc2)c(C(=O)O)c1N. The molecule has 2 aromatic rings. The number of aromatic carboxylic acids is 1. The topological polar surface area (TPSA) is 120 Å². The summed E-state index contributed by atoms with van der Waals surface area (Å²) < 4.78 is 5.67. The maximum absolute atomic E-state index is 11.5. The summed E-state index contributed by atoms with van der Waals surface area (Å²) >= 11 is 0. The van der Waals surface area contributed by atoms with Crippen LogP contribution in [0.5, 0.6) is 0 Å². The first-order chi connectivity index (χ1) is 9.54. The molecule has 0 fully saturated rings. The van der Waals surface area contributed by atoms with E-state index in [9.17, 15) is 14.7 Å². The fourth-order valence-corrected chi connectivity index (χ4v) is 1.72. The number of nitrogens with two attached hydrogens (primary N) is 1. The number of nitrogen functional groups attached to an aromatic ring is 1. The Bertz CT molecular complexity index is 651. The molecular formula is C12H12N4O4. The fourth-order valence-electron chi connectivity index (χ4n) is 1.72. The number of carboxylic acid groups (broad SMARTS) is 1. The van der Waals surface area contributed by atoms with Crippen molar-refractivity contribution in [3.63, 3.8) is 0 Å². The second-order valence-electron chi connectivity index (χ2n) is 3.92. The molecule has 8 nitrogen and oxygen atoms in total. The molecule has 0 amide bonds. The van der Waals surface area contributed by atoms with Crippen molar-refractivity contribution in [2.24, 2.45) is 0 Å². The van der Waals surface area contributed by atoms with E-state index in [2.05, 4.69) is 14.8 Å². The first-order valence-electron chi connectivity index (χ1n) is 5.61. The van der Waals surface area contributed by atoms with Crippen molar-refractivity contribution in [2.45, 2.75) is 6.54 Å². The number of hydrogen-bond donors (Lipinski definition) is 2. The van der Waals surface area contributed by atoms with Gasteiger partial charge in [0, 0.05) is 12.4 Å². The second kappa shape index (κ2) is 5.39. The van der Waals surface area contributed by atoms with E-state index < -0.39 is 11.9 Å². The maximum Gasteiger partial charge on any atom is 0.360 e. The van der Waals surface area contributed by atoms with E-state index in [0.29, 0.717) is 0 Å². The molecule has 104 valence electrons. The molecule has 8 heteroatoms. The Hall–Kier alpha value is -2.90. The molecule has 2 heterocycles. The van der Waals surface area contributed by atoms with E-state index in [1.54, 1.807) is 24.5 Å². The van der Waals surface area contributed by atoms with Crippen LogP contribution in [0, 0.1) is 0 Å². The number of aromatic nitrogens is 3. The van der Waals surface area contributed by atoms with Crippen LogP contribution < -0.4 is 5.73 Å². The Morgan fingerprint density at radius 2 is 2.05 bits per heavy atom. The van der Waals surface area contributed by atoms with Gasteiger partial charge in [-0.2, -0.15) is 5.10 Å². The highest BCUT2D eigenvalue weighted by Crippen LogP contribution is 2.19. The zero-order chi connectivity index (χ0) is 14.7. The molecule has 0 radical (unpaired) electrons. The summed E-state index contributed by atoms with van der Waals surface area (Å²) in [6.45, 7) is 0.158. The van der Waals surface area contributed by atoms with Crippen LogP contribution in [-0.2, 0) is 11.3 Å². The standard InChI is InChI=1S/C12H12N4O4/c1-20-12(19)9-8(13)10(11(17)18)16(15-9)6-7-2-4-14-5-3-7/h2-5H,6,13H2,1H3,(H,17,18). The highest BCUT2D eigenvalue weighted by molar-refractivity contribution is 6.00. The van der Waals surface area contributed by atoms with E-state index >= 15 is 0 Å². The molecule has 20 heavy (non-hydrogen) atoms. The van der Waals surface area contributed by atoms with Gasteiger partial charge in [-0.1, -0.05) is 0 Å². The summed E-state index contributed by atoms with van der Waals surface area (Å²) in [5.41, 5.74) is 5.77. The summed E-state index contributed by atoms with van der Waals surface area (Å²) in [4.78, 5) is 26.6. The molecule has 0 unspecified atom stereocenters. The largest absolute Gasteiger partial charge is 0.476 e. The number of carboxylic acids is 1. The third-order valence-electron chi connectivity index (χ3n) is 2.65. The molecule has 0 spiro atoms. The van der Waals surface area contributed by atoms with Crippen LogP contribution in [-0.4, -0.2) is 38.9 Å². The van der Waals surface area contributed by atoms with Crippen LogP contribution in [0.2, 0.25) is 0 Å². The van der Waals surface area contributed by atoms with Gasteiger partial charge in [-0.25, -0.2) is 9.59 Å². The minimum atomic E-state index is -1.26. The lowest BCUT2D eigenvalue weighted by Crippen LogP contribution is -2.12. The third kappa shape index (κ3) is 2.44. The number of hydrogen-bond acceptors (Lipinski definition) is 6. The molecule has 0 aliphatic heterocycles. The van der Waals surface area contributed by atoms with Crippen LogP contribution >= 0.6 is 0 Å². The molecule has 2 rings (SSSR count). The first kappa shape index (κ1) is 13.5. The van der Waals surface area contributed by atoms with Crippen molar-refractivity contribution in [3.8, 4) is 0 Å². The minimum Gasteiger partial charge on any atom is -0.476 e. The average Bonchev–Trinajstić information content (AvgIpc) is 2.76. The van der Waals surface area contributed by atoms with Crippen LogP contribution in [0.3, 0.4) is 0 Å². The lowest BCUT2D eigenvalue weighted by Gasteiger charge is -2.04. The zero-order valence-electron chi connectivity index (χ0n) is 10.6. The number of ether oxygens (including phenoxy) is 1. The van der Waals surface area contributed by atoms with Gasteiger partial charge in [-0.15, -0.1) is 0 Å². The molecule has 0 aromatic carbocycles. The van der Waals surface area contributed by atoms with Crippen LogP contribution in [0.4, 0.5) is 5.69 Å². The van der Waals surface area contributed by atoms with Gasteiger partial charge in [0.1, 0.15) is 5.69 Å². The first-order valence-corrected chi connectivity index (χ1v) is 5.61. The van der Waals surface area contributed by atoms with Crippen molar-refractivity contribution in [1.82, 2.24) is 14.8 Å². The molecule has 0 atom stereocenters. The molecule has 2 aromatic heterocycles. The van der Waals surface area contributed by atoms with Gasteiger partial charge in [0.05, 0.1) is 13.7 Å². The molecule has 0 aliphatic carbocycles. The van der Waals surface area contributed by atoms with E-state index in [4.69, 9.17) is 5.73 Å². The predicted molar refractivity (Wildman–Crippen MR) is 68.3 cm³/mol. The third-order valence-corrected chi connectivity index (χ3v) is 2.65. The van der Waals surface area contributed by atoms with Gasteiger partial charge in [0.15, 0.2) is 11.4 Å².